The fraction of sp³-hybridized carbons (Fsp3) is 0.0952. The van der Waals surface area contributed by atoms with Gasteiger partial charge in [0.15, 0.2) is 0 Å². The zero-order valence-corrected chi connectivity index (χ0v) is 14.5. The second-order valence-electron chi connectivity index (χ2n) is 5.56. The summed E-state index contributed by atoms with van der Waals surface area (Å²) in [6.07, 6.45) is 0. The van der Waals surface area contributed by atoms with Crippen molar-refractivity contribution < 1.29 is 19.4 Å². The number of amides is 1. The number of methoxy groups -OCH3 is 2. The molecule has 0 saturated heterocycles. The van der Waals surface area contributed by atoms with Crippen LogP contribution in [-0.2, 0) is 0 Å². The van der Waals surface area contributed by atoms with Crippen LogP contribution in [0.25, 0.3) is 0 Å². The van der Waals surface area contributed by atoms with Crippen LogP contribution in [0.2, 0.25) is 0 Å². The van der Waals surface area contributed by atoms with Crippen LogP contribution in [0.15, 0.2) is 72.8 Å². The molecule has 0 saturated carbocycles. The van der Waals surface area contributed by atoms with Gasteiger partial charge in [-0.15, -0.1) is 0 Å². The van der Waals surface area contributed by atoms with Crippen molar-refractivity contribution in [2.24, 2.45) is 0 Å². The van der Waals surface area contributed by atoms with Gasteiger partial charge in [0.1, 0.15) is 17.2 Å². The van der Waals surface area contributed by atoms with Crippen LogP contribution in [0.5, 0.6) is 17.2 Å². The maximum Gasteiger partial charge on any atom is 0.262 e. The molecule has 3 aromatic carbocycles. The van der Waals surface area contributed by atoms with Crippen molar-refractivity contribution in [3.63, 3.8) is 0 Å². The number of nitrogens with zero attached hydrogens (tertiary/aromatic N) is 1. The molecule has 0 aliphatic carbocycles. The van der Waals surface area contributed by atoms with Crippen molar-refractivity contribution in [2.45, 2.75) is 0 Å². The largest absolute Gasteiger partial charge is 0.506 e. The number of ether oxygens (including phenoxy) is 2. The normalized spacial score (nSPS) is 10.2. The summed E-state index contributed by atoms with van der Waals surface area (Å²) >= 11 is 0. The highest BCUT2D eigenvalue weighted by Gasteiger charge is 2.22. The van der Waals surface area contributed by atoms with Crippen LogP contribution >= 0.6 is 0 Å². The highest BCUT2D eigenvalue weighted by molar-refractivity contribution is 6.11. The number of para-hydroxylation sites is 2. The van der Waals surface area contributed by atoms with E-state index in [0.717, 1.165) is 0 Å². The summed E-state index contributed by atoms with van der Waals surface area (Å²) in [5.41, 5.74) is 1.50. The number of hydrogen-bond donors (Lipinski definition) is 1. The zero-order valence-electron chi connectivity index (χ0n) is 14.5. The van der Waals surface area contributed by atoms with E-state index in [-0.39, 0.29) is 11.7 Å². The number of carbonyl (C=O) groups excluding carboxylic acids is 1. The van der Waals surface area contributed by atoms with E-state index in [9.17, 15) is 9.90 Å². The highest BCUT2D eigenvalue weighted by atomic mass is 16.5. The first-order chi connectivity index (χ1) is 12.6. The van der Waals surface area contributed by atoms with E-state index >= 15 is 0 Å². The number of rotatable bonds is 5. The molecule has 0 aliphatic heterocycles. The van der Waals surface area contributed by atoms with Crippen molar-refractivity contribution in [3.8, 4) is 17.2 Å². The third-order valence-corrected chi connectivity index (χ3v) is 3.99. The molecule has 0 spiro atoms. The van der Waals surface area contributed by atoms with Gasteiger partial charge in [0.2, 0.25) is 0 Å². The van der Waals surface area contributed by atoms with Gasteiger partial charge in [-0.25, -0.2) is 0 Å². The third-order valence-electron chi connectivity index (χ3n) is 3.99. The van der Waals surface area contributed by atoms with Crippen molar-refractivity contribution >= 4 is 17.3 Å². The van der Waals surface area contributed by atoms with E-state index < -0.39 is 0 Å². The molecule has 0 unspecified atom stereocenters. The Balaban J connectivity index is 2.07. The summed E-state index contributed by atoms with van der Waals surface area (Å²) in [6.45, 7) is 0. The fourth-order valence-electron chi connectivity index (χ4n) is 2.61. The molecule has 26 heavy (non-hydrogen) atoms. The number of benzene rings is 3. The molecule has 0 fully saturated rings. The molecule has 1 N–H and O–H groups in total. The monoisotopic (exact) mass is 349 g/mol. The van der Waals surface area contributed by atoms with E-state index in [0.29, 0.717) is 28.4 Å². The minimum atomic E-state index is -0.265. The number of hydrogen-bond acceptors (Lipinski definition) is 4. The first-order valence-corrected chi connectivity index (χ1v) is 8.04. The molecule has 0 atom stereocenters. The summed E-state index contributed by atoms with van der Waals surface area (Å²) in [7, 11) is 3.15. The van der Waals surface area contributed by atoms with E-state index in [2.05, 4.69) is 0 Å². The molecule has 5 heteroatoms. The van der Waals surface area contributed by atoms with Crippen molar-refractivity contribution in [2.75, 3.05) is 19.1 Å². The van der Waals surface area contributed by atoms with Crippen molar-refractivity contribution in [1.82, 2.24) is 0 Å². The number of aromatic hydroxyl groups is 1. The van der Waals surface area contributed by atoms with Crippen LogP contribution in [-0.4, -0.2) is 25.2 Å². The van der Waals surface area contributed by atoms with Crippen LogP contribution in [0.4, 0.5) is 11.4 Å². The molecule has 0 bridgehead atoms. The average Bonchev–Trinajstić information content (AvgIpc) is 2.70. The van der Waals surface area contributed by atoms with Gasteiger partial charge in [-0.05, 0) is 60.7 Å². The van der Waals surface area contributed by atoms with E-state index in [1.807, 2.05) is 0 Å². The lowest BCUT2D eigenvalue weighted by Gasteiger charge is -2.24. The number of phenolic OH excluding ortho intramolecular Hbond substituents is 1. The lowest BCUT2D eigenvalue weighted by atomic mass is 10.1. The Kier molecular flexibility index (Phi) is 5.08. The van der Waals surface area contributed by atoms with Gasteiger partial charge in [0.25, 0.3) is 5.91 Å². The van der Waals surface area contributed by atoms with Gasteiger partial charge in [-0.3, -0.25) is 9.69 Å². The number of anilines is 2. The first kappa shape index (κ1) is 17.4. The molecule has 0 heterocycles. The van der Waals surface area contributed by atoms with E-state index in [1.54, 1.807) is 87.0 Å². The molecule has 5 nitrogen and oxygen atoms in total. The maximum absolute atomic E-state index is 13.2. The van der Waals surface area contributed by atoms with Gasteiger partial charge >= 0.3 is 0 Å². The van der Waals surface area contributed by atoms with Crippen LogP contribution in [0, 0.1) is 0 Å². The van der Waals surface area contributed by atoms with Crippen molar-refractivity contribution in [1.29, 1.82) is 0 Å². The summed E-state index contributed by atoms with van der Waals surface area (Å²) in [4.78, 5) is 14.7. The molecule has 132 valence electrons. The summed E-state index contributed by atoms with van der Waals surface area (Å²) < 4.78 is 10.3. The minimum Gasteiger partial charge on any atom is -0.506 e. The maximum atomic E-state index is 13.2. The second-order valence-corrected chi connectivity index (χ2v) is 5.56. The average molecular weight is 349 g/mol. The van der Waals surface area contributed by atoms with Gasteiger partial charge in [-0.2, -0.15) is 0 Å². The van der Waals surface area contributed by atoms with E-state index in [4.69, 9.17) is 9.47 Å². The Morgan fingerprint density at radius 3 is 1.88 bits per heavy atom. The Morgan fingerprint density at radius 2 is 1.35 bits per heavy atom. The predicted molar refractivity (Wildman–Crippen MR) is 101 cm³/mol. The molecule has 0 aromatic heterocycles. The Labute approximate surface area is 152 Å². The Bertz CT molecular complexity index is 889. The number of carbonyl (C=O) groups is 1. The summed E-state index contributed by atoms with van der Waals surface area (Å²) in [5.74, 6) is 1.10. The molecular formula is C21H19NO4. The highest BCUT2D eigenvalue weighted by Crippen LogP contribution is 2.35. The van der Waals surface area contributed by atoms with Gasteiger partial charge in [0, 0.05) is 11.3 Å². The molecule has 3 aromatic rings. The molecule has 3 rings (SSSR count). The molecule has 0 aliphatic rings. The third kappa shape index (κ3) is 3.47. The topological polar surface area (TPSA) is 59.0 Å². The Hall–Kier alpha value is -3.47. The fourth-order valence-corrected chi connectivity index (χ4v) is 2.61. The quantitative estimate of drug-likeness (QED) is 0.742. The van der Waals surface area contributed by atoms with Gasteiger partial charge in [0.05, 0.1) is 19.9 Å². The smallest absolute Gasteiger partial charge is 0.262 e. The standard InChI is InChI=1S/C21H19NO4/c1-25-17-11-7-15(8-12-17)21(24)22(19-5-3-4-6-20(19)23)16-9-13-18(26-2)14-10-16/h3-14,23H,1-2H3. The minimum absolute atomic E-state index is 0.0187. The molecular weight excluding hydrogens is 330 g/mol. The van der Waals surface area contributed by atoms with E-state index in [1.165, 1.54) is 4.90 Å². The summed E-state index contributed by atoms with van der Waals surface area (Å²) in [5, 5.41) is 10.3. The second kappa shape index (κ2) is 7.61. The number of phenols is 1. The molecule has 0 radical (unpaired) electrons. The van der Waals surface area contributed by atoms with Gasteiger partial charge in [-0.1, -0.05) is 12.1 Å². The van der Waals surface area contributed by atoms with Crippen LogP contribution in [0.1, 0.15) is 10.4 Å². The summed E-state index contributed by atoms with van der Waals surface area (Å²) in [6, 6.07) is 20.6. The molecule has 1 amide bonds. The predicted octanol–water partition coefficient (Wildman–Crippen LogP) is 4.39. The lowest BCUT2D eigenvalue weighted by molar-refractivity contribution is 0.0998. The van der Waals surface area contributed by atoms with Gasteiger partial charge < -0.3 is 14.6 Å². The van der Waals surface area contributed by atoms with Crippen molar-refractivity contribution in [3.05, 3.63) is 78.4 Å². The lowest BCUT2D eigenvalue weighted by Crippen LogP contribution is -2.26. The zero-order chi connectivity index (χ0) is 18.5. The van der Waals surface area contributed by atoms with Crippen LogP contribution < -0.4 is 14.4 Å². The Morgan fingerprint density at radius 1 is 0.808 bits per heavy atom. The van der Waals surface area contributed by atoms with Crippen LogP contribution in [0.3, 0.4) is 0 Å². The first-order valence-electron chi connectivity index (χ1n) is 8.04. The SMILES string of the molecule is COc1ccc(C(=O)N(c2ccc(OC)cc2)c2ccccc2O)cc1.